The van der Waals surface area contributed by atoms with E-state index in [9.17, 15) is 5.11 Å². The van der Waals surface area contributed by atoms with Crippen molar-refractivity contribution in [1.82, 2.24) is 0 Å². The summed E-state index contributed by atoms with van der Waals surface area (Å²) in [6, 6.07) is 0. The molecule has 0 bridgehead atoms. The van der Waals surface area contributed by atoms with Crippen LogP contribution in [0.2, 0.25) is 0 Å². The molecule has 6 nitrogen and oxygen atoms in total. The molecule has 0 saturated carbocycles. The topological polar surface area (TPSA) is 96.2 Å². The Morgan fingerprint density at radius 2 is 1.35 bits per heavy atom. The van der Waals surface area contributed by atoms with Crippen LogP contribution in [0.5, 0.6) is 0 Å². The van der Waals surface area contributed by atoms with Crippen LogP contribution in [0.4, 0.5) is 0 Å². The molecule has 0 fully saturated rings. The Morgan fingerprint density at radius 1 is 0.957 bits per heavy atom. The second-order valence-corrected chi connectivity index (χ2v) is 7.07. The molecule has 0 aromatic rings. The molecule has 0 radical (unpaired) electrons. The van der Waals surface area contributed by atoms with Crippen LogP contribution >= 0.6 is 0 Å². The van der Waals surface area contributed by atoms with E-state index in [1.165, 1.54) is 0 Å². The number of aliphatic hydroxyl groups excluding tert-OH is 1. The van der Waals surface area contributed by atoms with Gasteiger partial charge in [0.1, 0.15) is 5.60 Å². The fourth-order valence-electron chi connectivity index (χ4n) is 3.17. The van der Waals surface area contributed by atoms with Crippen molar-refractivity contribution in [2.45, 2.75) is 72.9 Å². The van der Waals surface area contributed by atoms with E-state index in [-0.39, 0.29) is 37.1 Å². The summed E-state index contributed by atoms with van der Waals surface area (Å²) in [5, 5.41) is 20.3. The molecule has 23 heavy (non-hydrogen) atoms. The van der Waals surface area contributed by atoms with Gasteiger partial charge in [0.05, 0.1) is 19.3 Å². The van der Waals surface area contributed by atoms with Gasteiger partial charge in [0.25, 0.3) is 0 Å². The van der Waals surface area contributed by atoms with E-state index in [4.69, 9.17) is 21.6 Å². The molecular formula is C16H35O6Ti. The molecule has 0 aliphatic carbocycles. The van der Waals surface area contributed by atoms with Gasteiger partial charge in [0.15, 0.2) is 5.79 Å². The molecule has 0 aromatic heterocycles. The summed E-state index contributed by atoms with van der Waals surface area (Å²) >= 11 is -1.75. The Kier molecular flexibility index (Phi) is 13.1. The summed E-state index contributed by atoms with van der Waals surface area (Å²) in [6.45, 7) is 15.9. The Hall–Kier alpha value is 0.314. The van der Waals surface area contributed by atoms with E-state index < -0.39 is 30.9 Å². The maximum absolute atomic E-state index is 11.3. The van der Waals surface area contributed by atoms with Crippen LogP contribution in [-0.4, -0.2) is 44.6 Å². The molecule has 0 aliphatic heterocycles. The molecule has 1 unspecified atom stereocenters. The third-order valence-electron chi connectivity index (χ3n) is 3.90. The standard InChI is InChI=1S/C16H34O4.H2O.O.Ti/c1-11(2)15(12(3)4,20-14(7)8)16(18,13(5)6)19-10-9-17;;;/h11-14,17-18H,9-10H2,1-8H3;1H2;;/q;;;+1/p-1. The second-order valence-electron chi connectivity index (χ2n) is 6.78. The first-order valence-corrected chi connectivity index (χ1v) is 9.47. The van der Waals surface area contributed by atoms with Gasteiger partial charge in [-0.1, -0.05) is 41.5 Å². The zero-order chi connectivity index (χ0) is 18.8. The van der Waals surface area contributed by atoms with Crippen molar-refractivity contribution < 1.29 is 46.2 Å². The molecular weight excluding hydrogens is 336 g/mol. The van der Waals surface area contributed by atoms with E-state index in [1.807, 2.05) is 55.4 Å². The SMILES string of the molecule is CC(C)OC(C(C)C)(C(C)C)C(O)(OCCO)C(C)C.[O]=[Ti][OH]. The van der Waals surface area contributed by atoms with Crippen molar-refractivity contribution in [2.24, 2.45) is 17.8 Å². The molecule has 0 heterocycles. The fourth-order valence-corrected chi connectivity index (χ4v) is 3.17. The first-order chi connectivity index (χ1) is 10.5. The van der Waals surface area contributed by atoms with E-state index >= 15 is 0 Å². The van der Waals surface area contributed by atoms with Crippen molar-refractivity contribution in [3.05, 3.63) is 0 Å². The molecule has 139 valence electrons. The van der Waals surface area contributed by atoms with Gasteiger partial charge in [-0.15, -0.1) is 0 Å². The van der Waals surface area contributed by atoms with E-state index in [0.29, 0.717) is 0 Å². The Bertz CT molecular complexity index is 312. The molecule has 0 amide bonds. The van der Waals surface area contributed by atoms with Crippen LogP contribution in [-0.2, 0) is 32.3 Å². The van der Waals surface area contributed by atoms with Crippen LogP contribution in [0.25, 0.3) is 0 Å². The van der Waals surface area contributed by atoms with Crippen LogP contribution in [0.3, 0.4) is 0 Å². The quantitative estimate of drug-likeness (QED) is 0.425. The van der Waals surface area contributed by atoms with Crippen LogP contribution < -0.4 is 0 Å². The number of aliphatic hydroxyl groups is 2. The molecule has 0 spiro atoms. The van der Waals surface area contributed by atoms with Crippen LogP contribution in [0, 0.1) is 17.8 Å². The van der Waals surface area contributed by atoms with Gasteiger partial charge in [-0.05, 0) is 25.7 Å². The monoisotopic (exact) mass is 371 g/mol. The molecule has 0 aliphatic rings. The molecule has 0 saturated heterocycles. The molecule has 3 N–H and O–H groups in total. The van der Waals surface area contributed by atoms with Gasteiger partial charge >= 0.3 is 26.5 Å². The normalized spacial score (nSPS) is 14.7. The summed E-state index contributed by atoms with van der Waals surface area (Å²) in [4.78, 5) is 0. The van der Waals surface area contributed by atoms with Crippen molar-refractivity contribution in [2.75, 3.05) is 13.2 Å². The summed E-state index contributed by atoms with van der Waals surface area (Å²) in [5.41, 5.74) is -0.829. The minimum absolute atomic E-state index is 0.0252. The van der Waals surface area contributed by atoms with Gasteiger partial charge in [-0.2, -0.15) is 0 Å². The van der Waals surface area contributed by atoms with Crippen molar-refractivity contribution >= 4 is 0 Å². The number of ether oxygens (including phenoxy) is 2. The van der Waals surface area contributed by atoms with Gasteiger partial charge < -0.3 is 19.7 Å². The average molecular weight is 371 g/mol. The average Bonchev–Trinajstić information content (AvgIpc) is 2.41. The Balaban J connectivity index is 0. The number of rotatable bonds is 9. The van der Waals surface area contributed by atoms with Gasteiger partial charge in [-0.25, -0.2) is 0 Å². The van der Waals surface area contributed by atoms with Gasteiger partial charge in [-0.3, -0.25) is 0 Å². The predicted octanol–water partition coefficient (Wildman–Crippen LogP) is 2.14. The fraction of sp³-hybridized carbons (Fsp3) is 1.00. The van der Waals surface area contributed by atoms with E-state index in [0.717, 1.165) is 0 Å². The molecule has 1 atom stereocenters. The molecule has 7 heteroatoms. The van der Waals surface area contributed by atoms with Crippen LogP contribution in [0.1, 0.15) is 55.4 Å². The summed E-state index contributed by atoms with van der Waals surface area (Å²) in [5.74, 6) is -1.47. The minimum atomic E-state index is -1.75. The second kappa shape index (κ2) is 11.8. The van der Waals surface area contributed by atoms with Crippen molar-refractivity contribution in [3.8, 4) is 0 Å². The van der Waals surface area contributed by atoms with Gasteiger partial charge in [0.2, 0.25) is 0 Å². The van der Waals surface area contributed by atoms with E-state index in [2.05, 4.69) is 0 Å². The molecule has 0 aromatic carbocycles. The van der Waals surface area contributed by atoms with Gasteiger partial charge in [0, 0.05) is 5.92 Å². The van der Waals surface area contributed by atoms with E-state index in [1.54, 1.807) is 0 Å². The summed E-state index contributed by atoms with van der Waals surface area (Å²) in [7, 11) is 0. The Labute approximate surface area is 150 Å². The van der Waals surface area contributed by atoms with Crippen molar-refractivity contribution in [1.29, 1.82) is 0 Å². The summed E-state index contributed by atoms with van der Waals surface area (Å²) < 4.78 is 27.7. The maximum atomic E-state index is 11.3. The zero-order valence-corrected chi connectivity index (χ0v) is 17.4. The summed E-state index contributed by atoms with van der Waals surface area (Å²) in [6.07, 6.45) is -0.0252. The zero-order valence-electron chi connectivity index (χ0n) is 15.8. The predicted molar refractivity (Wildman–Crippen MR) is 84.4 cm³/mol. The first-order valence-electron chi connectivity index (χ1n) is 8.14. The third-order valence-corrected chi connectivity index (χ3v) is 3.90. The number of hydrogen-bond donors (Lipinski definition) is 3. The number of hydrogen-bond acceptors (Lipinski definition) is 5. The van der Waals surface area contributed by atoms with Crippen LogP contribution in [0.15, 0.2) is 0 Å². The first kappa shape index (κ1) is 25.6. The van der Waals surface area contributed by atoms with Crippen molar-refractivity contribution in [3.63, 3.8) is 0 Å². The third kappa shape index (κ3) is 6.61. The molecule has 0 rings (SSSR count). The Morgan fingerprint density at radius 3 is 1.57 bits per heavy atom.